The summed E-state index contributed by atoms with van der Waals surface area (Å²) < 4.78 is 4.74. The molecule has 0 spiro atoms. The fourth-order valence-electron chi connectivity index (χ4n) is 1.27. The van der Waals surface area contributed by atoms with Crippen molar-refractivity contribution in [2.24, 2.45) is 0 Å². The molecule has 0 saturated carbocycles. The van der Waals surface area contributed by atoms with Crippen LogP contribution in [0, 0.1) is 10.1 Å². The molecule has 0 aliphatic carbocycles. The summed E-state index contributed by atoms with van der Waals surface area (Å²) in [5.74, 6) is -1.84. The van der Waals surface area contributed by atoms with E-state index in [4.69, 9.17) is 9.84 Å². The standard InChI is InChI=1S/C10H12N2O6S/c1-18-3-2-7(10(14)15)11-9(13)6-4-8(12(16)17)19-5-6/h4-5,7H,2-3H2,1H3,(H,11,13)(H,14,15). The highest BCUT2D eigenvalue weighted by Crippen LogP contribution is 2.22. The zero-order valence-corrected chi connectivity index (χ0v) is 10.8. The number of rotatable bonds is 7. The van der Waals surface area contributed by atoms with Crippen molar-refractivity contribution < 1.29 is 24.4 Å². The number of aliphatic carboxylic acids is 1. The zero-order valence-electron chi connectivity index (χ0n) is 9.99. The molecule has 0 aliphatic rings. The quantitative estimate of drug-likeness (QED) is 0.567. The lowest BCUT2D eigenvalue weighted by molar-refractivity contribution is -0.380. The van der Waals surface area contributed by atoms with E-state index in [1.807, 2.05) is 0 Å². The van der Waals surface area contributed by atoms with Crippen LogP contribution >= 0.6 is 11.3 Å². The van der Waals surface area contributed by atoms with Crippen molar-refractivity contribution in [3.8, 4) is 0 Å². The van der Waals surface area contributed by atoms with E-state index >= 15 is 0 Å². The first-order valence-electron chi connectivity index (χ1n) is 5.21. The lowest BCUT2D eigenvalue weighted by Crippen LogP contribution is -2.41. The summed E-state index contributed by atoms with van der Waals surface area (Å²) in [6.45, 7) is 0.182. The first-order chi connectivity index (χ1) is 8.95. The molecule has 1 heterocycles. The minimum atomic E-state index is -1.19. The van der Waals surface area contributed by atoms with Gasteiger partial charge in [-0.1, -0.05) is 11.3 Å². The van der Waals surface area contributed by atoms with Crippen molar-refractivity contribution in [1.82, 2.24) is 5.32 Å². The number of carbonyl (C=O) groups is 2. The molecule has 104 valence electrons. The Balaban J connectivity index is 2.70. The number of amides is 1. The number of ether oxygens (including phenoxy) is 1. The minimum absolute atomic E-state index is 0.0698. The average Bonchev–Trinajstić information content (AvgIpc) is 2.83. The van der Waals surface area contributed by atoms with Gasteiger partial charge in [0.2, 0.25) is 0 Å². The monoisotopic (exact) mass is 288 g/mol. The van der Waals surface area contributed by atoms with Crippen LogP contribution in [0.1, 0.15) is 16.8 Å². The van der Waals surface area contributed by atoms with E-state index < -0.39 is 22.8 Å². The molecule has 9 heteroatoms. The lowest BCUT2D eigenvalue weighted by atomic mass is 10.2. The highest BCUT2D eigenvalue weighted by atomic mass is 32.1. The van der Waals surface area contributed by atoms with Crippen LogP contribution in [-0.4, -0.2) is 41.7 Å². The fourth-order valence-corrected chi connectivity index (χ4v) is 1.98. The smallest absolute Gasteiger partial charge is 0.326 e. The molecule has 0 aliphatic heterocycles. The second-order valence-electron chi connectivity index (χ2n) is 3.58. The average molecular weight is 288 g/mol. The molecule has 0 bridgehead atoms. The molecule has 1 atom stereocenters. The number of hydrogen-bond acceptors (Lipinski definition) is 6. The molecular formula is C10H12N2O6S. The predicted octanol–water partition coefficient (Wildman–Crippen LogP) is 0.876. The van der Waals surface area contributed by atoms with Crippen LogP contribution in [0.3, 0.4) is 0 Å². The molecule has 1 rings (SSSR count). The summed E-state index contributed by atoms with van der Waals surface area (Å²) in [6, 6.07) is 0.0151. The van der Waals surface area contributed by atoms with Gasteiger partial charge in [0.15, 0.2) is 0 Å². The van der Waals surface area contributed by atoms with Crippen molar-refractivity contribution in [1.29, 1.82) is 0 Å². The maximum absolute atomic E-state index is 11.7. The second-order valence-corrected chi connectivity index (χ2v) is 4.47. The van der Waals surface area contributed by atoms with Gasteiger partial charge in [-0.25, -0.2) is 4.79 Å². The largest absolute Gasteiger partial charge is 0.480 e. The third kappa shape index (κ3) is 4.30. The van der Waals surface area contributed by atoms with E-state index in [1.54, 1.807) is 0 Å². The lowest BCUT2D eigenvalue weighted by Gasteiger charge is -2.13. The molecule has 19 heavy (non-hydrogen) atoms. The molecule has 1 aromatic heterocycles. The van der Waals surface area contributed by atoms with E-state index in [1.165, 1.54) is 12.5 Å². The van der Waals surface area contributed by atoms with E-state index in [0.717, 1.165) is 17.4 Å². The van der Waals surface area contributed by atoms with Gasteiger partial charge in [0.25, 0.3) is 5.91 Å². The van der Waals surface area contributed by atoms with Crippen molar-refractivity contribution in [3.05, 3.63) is 27.1 Å². The summed E-state index contributed by atoms with van der Waals surface area (Å²) >= 11 is 0.807. The minimum Gasteiger partial charge on any atom is -0.480 e. The fraction of sp³-hybridized carbons (Fsp3) is 0.400. The maximum Gasteiger partial charge on any atom is 0.326 e. The van der Waals surface area contributed by atoms with Gasteiger partial charge in [0.1, 0.15) is 6.04 Å². The van der Waals surface area contributed by atoms with Crippen LogP contribution in [0.25, 0.3) is 0 Å². The summed E-state index contributed by atoms with van der Waals surface area (Å²) in [5, 5.41) is 22.8. The molecule has 0 fully saturated rings. The van der Waals surface area contributed by atoms with Gasteiger partial charge in [-0.2, -0.15) is 0 Å². The Morgan fingerprint density at radius 1 is 1.63 bits per heavy atom. The van der Waals surface area contributed by atoms with Gasteiger partial charge >= 0.3 is 11.0 Å². The molecule has 0 aromatic carbocycles. The number of thiophene rings is 1. The Kier molecular flexibility index (Phi) is 5.39. The third-order valence-electron chi connectivity index (χ3n) is 2.24. The number of hydrogen-bond donors (Lipinski definition) is 2. The SMILES string of the molecule is COCCC(NC(=O)c1csc([N+](=O)[O-])c1)C(=O)O. The molecule has 0 saturated heterocycles. The number of nitro groups is 1. The van der Waals surface area contributed by atoms with E-state index in [-0.39, 0.29) is 23.6 Å². The number of nitrogens with one attached hydrogen (secondary N) is 1. The van der Waals surface area contributed by atoms with Gasteiger partial charge in [0.05, 0.1) is 10.5 Å². The molecule has 0 radical (unpaired) electrons. The third-order valence-corrected chi connectivity index (χ3v) is 3.12. The molecule has 8 nitrogen and oxygen atoms in total. The van der Waals surface area contributed by atoms with Gasteiger partial charge in [0, 0.05) is 31.6 Å². The zero-order chi connectivity index (χ0) is 14.4. The molecule has 2 N–H and O–H groups in total. The maximum atomic E-state index is 11.7. The van der Waals surface area contributed by atoms with Gasteiger partial charge in [-0.3, -0.25) is 14.9 Å². The molecule has 1 unspecified atom stereocenters. The predicted molar refractivity (Wildman–Crippen MR) is 66.4 cm³/mol. The Morgan fingerprint density at radius 3 is 2.79 bits per heavy atom. The summed E-state index contributed by atoms with van der Waals surface area (Å²) in [7, 11) is 1.42. The van der Waals surface area contributed by atoms with Gasteiger partial charge in [-0.15, -0.1) is 0 Å². The van der Waals surface area contributed by atoms with Crippen LogP contribution in [0.15, 0.2) is 11.4 Å². The van der Waals surface area contributed by atoms with Crippen LogP contribution < -0.4 is 5.32 Å². The van der Waals surface area contributed by atoms with Crippen LogP contribution in [0.4, 0.5) is 5.00 Å². The van der Waals surface area contributed by atoms with Crippen LogP contribution in [-0.2, 0) is 9.53 Å². The van der Waals surface area contributed by atoms with Crippen molar-refractivity contribution in [2.45, 2.75) is 12.5 Å². The Morgan fingerprint density at radius 2 is 2.32 bits per heavy atom. The van der Waals surface area contributed by atoms with Gasteiger partial charge < -0.3 is 15.2 Å². The first-order valence-corrected chi connectivity index (χ1v) is 6.09. The Hall–Kier alpha value is -2.00. The highest BCUT2D eigenvalue weighted by molar-refractivity contribution is 7.13. The highest BCUT2D eigenvalue weighted by Gasteiger charge is 2.22. The number of carboxylic acid groups (broad SMARTS) is 1. The molecule has 1 aromatic rings. The van der Waals surface area contributed by atoms with Crippen molar-refractivity contribution >= 4 is 28.2 Å². The van der Waals surface area contributed by atoms with E-state index in [2.05, 4.69) is 5.32 Å². The Bertz CT molecular complexity index is 486. The molecular weight excluding hydrogens is 276 g/mol. The van der Waals surface area contributed by atoms with Crippen molar-refractivity contribution in [2.75, 3.05) is 13.7 Å². The second kappa shape index (κ2) is 6.81. The van der Waals surface area contributed by atoms with Crippen molar-refractivity contribution in [3.63, 3.8) is 0 Å². The summed E-state index contributed by atoms with van der Waals surface area (Å²) in [4.78, 5) is 32.5. The van der Waals surface area contributed by atoms with E-state index in [9.17, 15) is 19.7 Å². The van der Waals surface area contributed by atoms with Gasteiger partial charge in [-0.05, 0) is 0 Å². The summed E-state index contributed by atoms with van der Waals surface area (Å²) in [6.07, 6.45) is 0.115. The number of nitrogens with zero attached hydrogens (tertiary/aromatic N) is 1. The normalized spacial score (nSPS) is 11.8. The summed E-state index contributed by atoms with van der Waals surface area (Å²) in [5.41, 5.74) is 0.0698. The van der Waals surface area contributed by atoms with E-state index in [0.29, 0.717) is 0 Å². The Labute approximate surface area is 112 Å². The number of carboxylic acids is 1. The molecule has 1 amide bonds. The topological polar surface area (TPSA) is 119 Å². The van der Waals surface area contributed by atoms with Crippen LogP contribution in [0.5, 0.6) is 0 Å². The first kappa shape index (κ1) is 15.1. The number of methoxy groups -OCH3 is 1. The number of carbonyl (C=O) groups excluding carboxylic acids is 1. The van der Waals surface area contributed by atoms with Crippen LogP contribution in [0.2, 0.25) is 0 Å².